The van der Waals surface area contributed by atoms with Crippen LogP contribution < -0.4 is 11.3 Å². The van der Waals surface area contributed by atoms with E-state index in [4.69, 9.17) is 29.0 Å². The van der Waals surface area contributed by atoms with Gasteiger partial charge < -0.3 is 0 Å². The van der Waals surface area contributed by atoms with E-state index < -0.39 is 0 Å². The monoisotopic (exact) mass is 285 g/mol. The summed E-state index contributed by atoms with van der Waals surface area (Å²) in [5.74, 6) is 6.40. The number of hydrogen-bond acceptors (Lipinski definition) is 4. The van der Waals surface area contributed by atoms with Gasteiger partial charge >= 0.3 is 0 Å². The van der Waals surface area contributed by atoms with Gasteiger partial charge in [-0.2, -0.15) is 5.10 Å². The topological polar surface area (TPSA) is 68.8 Å². The van der Waals surface area contributed by atoms with Crippen molar-refractivity contribution in [2.24, 2.45) is 12.9 Å². The first-order valence-corrected chi connectivity index (χ1v) is 6.11. The molecule has 18 heavy (non-hydrogen) atoms. The van der Waals surface area contributed by atoms with Gasteiger partial charge in [0.25, 0.3) is 0 Å². The van der Waals surface area contributed by atoms with Crippen molar-refractivity contribution in [2.75, 3.05) is 0 Å². The molecule has 0 aliphatic carbocycles. The summed E-state index contributed by atoms with van der Waals surface area (Å²) in [4.78, 5) is 4.16. The van der Waals surface area contributed by atoms with Crippen LogP contribution in [0.1, 0.15) is 17.4 Å². The Balaban J connectivity index is 2.26. The lowest BCUT2D eigenvalue weighted by Crippen LogP contribution is -2.30. The maximum Gasteiger partial charge on any atom is 0.138 e. The Kier molecular flexibility index (Phi) is 4.19. The van der Waals surface area contributed by atoms with Gasteiger partial charge in [0.05, 0.1) is 6.04 Å². The number of aryl methyl sites for hydroxylation is 1. The molecule has 0 amide bonds. The molecule has 0 radical (unpaired) electrons. The van der Waals surface area contributed by atoms with E-state index in [0.717, 1.165) is 11.4 Å². The van der Waals surface area contributed by atoms with Gasteiger partial charge in [-0.1, -0.05) is 29.3 Å². The standard InChI is InChI=1S/C11H13Cl2N5/c1-18-11(15-6-16-18)5-10(17-14)8-3-2-7(12)4-9(8)13/h2-4,6,10,17H,5,14H2,1H3. The second-order valence-corrected chi connectivity index (χ2v) is 4.73. The predicted octanol–water partition coefficient (Wildman–Crippen LogP) is 1.87. The molecule has 7 heteroatoms. The second kappa shape index (κ2) is 5.67. The third-order valence-corrected chi connectivity index (χ3v) is 3.29. The van der Waals surface area contributed by atoms with Crippen molar-refractivity contribution < 1.29 is 0 Å². The molecule has 0 saturated heterocycles. The number of halogens is 2. The number of aromatic nitrogens is 3. The molecule has 0 spiro atoms. The van der Waals surface area contributed by atoms with Gasteiger partial charge in [-0.05, 0) is 17.7 Å². The quantitative estimate of drug-likeness (QED) is 0.665. The van der Waals surface area contributed by atoms with E-state index in [1.54, 1.807) is 16.8 Å². The molecule has 96 valence electrons. The molecule has 0 fully saturated rings. The largest absolute Gasteiger partial charge is 0.271 e. The van der Waals surface area contributed by atoms with Crippen molar-refractivity contribution >= 4 is 23.2 Å². The number of hydrazine groups is 1. The van der Waals surface area contributed by atoms with Crippen LogP contribution in [-0.4, -0.2) is 14.8 Å². The third kappa shape index (κ3) is 2.81. The average molecular weight is 286 g/mol. The molecule has 1 aromatic carbocycles. The van der Waals surface area contributed by atoms with Crippen molar-refractivity contribution in [2.45, 2.75) is 12.5 Å². The van der Waals surface area contributed by atoms with Gasteiger partial charge in [0.15, 0.2) is 0 Å². The summed E-state index contributed by atoms with van der Waals surface area (Å²) in [6.07, 6.45) is 2.10. The molecule has 0 aliphatic heterocycles. The second-order valence-electron chi connectivity index (χ2n) is 3.89. The lowest BCUT2D eigenvalue weighted by molar-refractivity contribution is 0.523. The molecule has 3 N–H and O–H groups in total. The Morgan fingerprint density at radius 3 is 2.78 bits per heavy atom. The van der Waals surface area contributed by atoms with E-state index in [1.165, 1.54) is 6.33 Å². The summed E-state index contributed by atoms with van der Waals surface area (Å²) in [6, 6.07) is 5.19. The lowest BCUT2D eigenvalue weighted by atomic mass is 10.0. The zero-order valence-corrected chi connectivity index (χ0v) is 11.3. The van der Waals surface area contributed by atoms with Crippen molar-refractivity contribution in [3.63, 3.8) is 0 Å². The number of nitrogens with one attached hydrogen (secondary N) is 1. The smallest absolute Gasteiger partial charge is 0.138 e. The van der Waals surface area contributed by atoms with E-state index in [1.807, 2.05) is 13.1 Å². The maximum atomic E-state index is 6.16. The number of hydrogen-bond donors (Lipinski definition) is 2. The number of nitrogens with zero attached hydrogens (tertiary/aromatic N) is 3. The third-order valence-electron chi connectivity index (χ3n) is 2.73. The minimum Gasteiger partial charge on any atom is -0.271 e. The molecule has 2 rings (SSSR count). The highest BCUT2D eigenvalue weighted by Gasteiger charge is 2.16. The van der Waals surface area contributed by atoms with Crippen LogP contribution in [0.5, 0.6) is 0 Å². The van der Waals surface area contributed by atoms with Crippen molar-refractivity contribution in [1.29, 1.82) is 0 Å². The highest BCUT2D eigenvalue weighted by Crippen LogP contribution is 2.27. The number of benzene rings is 1. The molecule has 1 atom stereocenters. The molecule has 1 aromatic heterocycles. The fraction of sp³-hybridized carbons (Fsp3) is 0.273. The minimum atomic E-state index is -0.141. The van der Waals surface area contributed by atoms with E-state index in [0.29, 0.717) is 16.5 Å². The fourth-order valence-electron chi connectivity index (χ4n) is 1.73. The minimum absolute atomic E-state index is 0.141. The zero-order chi connectivity index (χ0) is 13.1. The Morgan fingerprint density at radius 1 is 1.44 bits per heavy atom. The summed E-state index contributed by atoms with van der Waals surface area (Å²) in [7, 11) is 1.83. The van der Waals surface area contributed by atoms with Gasteiger partial charge in [-0.25, -0.2) is 4.98 Å². The van der Waals surface area contributed by atoms with Crippen LogP contribution in [0.25, 0.3) is 0 Å². The summed E-state index contributed by atoms with van der Waals surface area (Å²) in [6.45, 7) is 0. The van der Waals surface area contributed by atoms with Gasteiger partial charge in [0.2, 0.25) is 0 Å². The molecular formula is C11H13Cl2N5. The average Bonchev–Trinajstić information content (AvgIpc) is 2.73. The molecule has 2 aromatic rings. The summed E-state index contributed by atoms with van der Waals surface area (Å²) in [5, 5.41) is 5.19. The Labute approximate surface area is 115 Å². The van der Waals surface area contributed by atoms with Crippen molar-refractivity contribution in [3.05, 3.63) is 46.0 Å². The van der Waals surface area contributed by atoms with Crippen molar-refractivity contribution in [1.82, 2.24) is 20.2 Å². The van der Waals surface area contributed by atoms with Crippen LogP contribution in [-0.2, 0) is 13.5 Å². The molecule has 0 bridgehead atoms. The van der Waals surface area contributed by atoms with Gasteiger partial charge in [-0.3, -0.25) is 16.0 Å². The molecule has 5 nitrogen and oxygen atoms in total. The van der Waals surface area contributed by atoms with Gasteiger partial charge in [0.1, 0.15) is 12.2 Å². The van der Waals surface area contributed by atoms with Crippen LogP contribution in [0.15, 0.2) is 24.5 Å². The van der Waals surface area contributed by atoms with E-state index in [2.05, 4.69) is 15.5 Å². The van der Waals surface area contributed by atoms with Crippen LogP contribution >= 0.6 is 23.2 Å². The number of rotatable bonds is 4. The van der Waals surface area contributed by atoms with Crippen LogP contribution in [0.2, 0.25) is 10.0 Å². The number of nitrogens with two attached hydrogens (primary N) is 1. The normalized spacial score (nSPS) is 12.7. The summed E-state index contributed by atoms with van der Waals surface area (Å²) >= 11 is 12.0. The van der Waals surface area contributed by atoms with Gasteiger partial charge in [-0.15, -0.1) is 0 Å². The van der Waals surface area contributed by atoms with Gasteiger partial charge in [0, 0.05) is 23.5 Å². The first-order valence-electron chi connectivity index (χ1n) is 5.35. The summed E-state index contributed by atoms with van der Waals surface area (Å²) < 4.78 is 1.70. The van der Waals surface area contributed by atoms with Crippen molar-refractivity contribution in [3.8, 4) is 0 Å². The van der Waals surface area contributed by atoms with E-state index in [-0.39, 0.29) is 6.04 Å². The molecule has 1 unspecified atom stereocenters. The molecular weight excluding hydrogens is 273 g/mol. The Morgan fingerprint density at radius 2 is 2.22 bits per heavy atom. The fourth-order valence-corrected chi connectivity index (χ4v) is 2.27. The maximum absolute atomic E-state index is 6.16. The highest BCUT2D eigenvalue weighted by molar-refractivity contribution is 6.35. The zero-order valence-electron chi connectivity index (χ0n) is 9.77. The van der Waals surface area contributed by atoms with E-state index >= 15 is 0 Å². The molecule has 0 aliphatic rings. The first-order chi connectivity index (χ1) is 8.61. The summed E-state index contributed by atoms with van der Waals surface area (Å²) in [5.41, 5.74) is 3.62. The lowest BCUT2D eigenvalue weighted by Gasteiger charge is -2.17. The van der Waals surface area contributed by atoms with Crippen LogP contribution in [0, 0.1) is 0 Å². The van der Waals surface area contributed by atoms with Crippen LogP contribution in [0.3, 0.4) is 0 Å². The van der Waals surface area contributed by atoms with E-state index in [9.17, 15) is 0 Å². The first kappa shape index (κ1) is 13.3. The van der Waals surface area contributed by atoms with Crippen LogP contribution in [0.4, 0.5) is 0 Å². The predicted molar refractivity (Wildman–Crippen MR) is 71.2 cm³/mol. The SMILES string of the molecule is Cn1ncnc1CC(NN)c1ccc(Cl)cc1Cl. The molecule has 1 heterocycles. The molecule has 0 saturated carbocycles. The Hall–Kier alpha value is -1.14. The highest BCUT2D eigenvalue weighted by atomic mass is 35.5. The Bertz CT molecular complexity index is 540.